The Morgan fingerprint density at radius 3 is 0.823 bits per heavy atom. The van der Waals surface area contributed by atoms with Gasteiger partial charge in [0.1, 0.15) is 35.3 Å². The van der Waals surface area contributed by atoms with Crippen LogP contribution in [-0.2, 0) is 81.6 Å². The van der Waals surface area contributed by atoms with Gasteiger partial charge in [-0.3, -0.25) is 13.6 Å². The van der Waals surface area contributed by atoms with Gasteiger partial charge in [0.2, 0.25) is 10.0 Å². The second-order valence-corrected chi connectivity index (χ2v) is 26.2. The van der Waals surface area contributed by atoms with E-state index in [4.69, 9.17) is 9.73 Å². The minimum atomic E-state index is -3.35. The smallest absolute Gasteiger partial charge is 0.266 e. The molecule has 402 valence electrons. The van der Waals surface area contributed by atoms with Crippen LogP contribution in [0.2, 0.25) is 0 Å². The minimum Gasteiger partial charge on any atom is -0.363 e. The van der Waals surface area contributed by atoms with Gasteiger partial charge in [0.25, 0.3) is 20.2 Å². The molecule has 0 radical (unpaired) electrons. The summed E-state index contributed by atoms with van der Waals surface area (Å²) in [5.74, 6) is 2.36. The topological polar surface area (TPSA) is 282 Å². The molecule has 1 atom stereocenters. The lowest BCUT2D eigenvalue weighted by molar-refractivity contribution is -0.116. The van der Waals surface area contributed by atoms with Crippen molar-refractivity contribution in [3.63, 3.8) is 0 Å². The van der Waals surface area contributed by atoms with Crippen LogP contribution in [0.3, 0.4) is 0 Å². The first kappa shape index (κ1) is 109. The molecule has 0 amide bonds. The number of ketones is 1. The fourth-order valence-electron chi connectivity index (χ4n) is 0.569. The van der Waals surface area contributed by atoms with Crippen molar-refractivity contribution in [1.29, 1.82) is 0 Å². The lowest BCUT2D eigenvalue weighted by atomic mass is 10.4. The van der Waals surface area contributed by atoms with Crippen LogP contribution >= 0.6 is 20.2 Å². The van der Waals surface area contributed by atoms with Crippen molar-refractivity contribution in [2.24, 2.45) is 0 Å². The van der Waals surface area contributed by atoms with Crippen LogP contribution in [0.1, 0.15) is 121 Å². The number of rotatable bonds is 13. The normalized spacial score (nSPS) is 10.1. The van der Waals surface area contributed by atoms with E-state index >= 15 is 0 Å². The number of hydroxylamine groups is 1. The van der Waals surface area contributed by atoms with E-state index in [1.54, 1.807) is 48.8 Å². The summed E-state index contributed by atoms with van der Waals surface area (Å²) in [5.41, 5.74) is 0. The Morgan fingerprint density at radius 2 is 0.823 bits per heavy atom. The largest absolute Gasteiger partial charge is 0.363 e. The number of Topliss-reactive ketones (excluding diaryl/α,β-unsaturated/α-hetero) is 1. The molecule has 0 heterocycles. The molecule has 1 N–H and O–H groups in total. The molecule has 0 saturated carbocycles. The predicted molar refractivity (Wildman–Crippen MR) is 277 cm³/mol. The Morgan fingerprint density at radius 1 is 0.581 bits per heavy atom. The molecule has 0 aliphatic rings. The highest BCUT2D eigenvalue weighted by Crippen LogP contribution is 2.28. The van der Waals surface area contributed by atoms with Crippen molar-refractivity contribution >= 4 is 85.7 Å². The quantitative estimate of drug-likeness (QED) is 0.0796. The van der Waals surface area contributed by atoms with Crippen LogP contribution in [0.4, 0.5) is 0 Å². The summed E-state index contributed by atoms with van der Waals surface area (Å²) in [7, 11) is -11.0. The fraction of sp³-hybridized carbons (Fsp3) is 0.971. The highest BCUT2D eigenvalue weighted by molar-refractivity contribution is 7.94. The maximum atomic E-state index is 10.4. The second kappa shape index (κ2) is 65.2. The second-order valence-electron chi connectivity index (χ2n) is 9.59. The molecule has 0 aliphatic heterocycles. The molecular weight excluding hydrogens is 978 g/mol. The van der Waals surface area contributed by atoms with Crippen LogP contribution in [0, 0.1) is 0 Å². The number of carbonyl (C=O) groups excluding carboxylic acids is 1. The molecule has 0 fully saturated rings. The van der Waals surface area contributed by atoms with E-state index in [2.05, 4.69) is 26.1 Å². The maximum Gasteiger partial charge on any atom is 0.266 e. The molecule has 0 bridgehead atoms. The molecule has 0 rings (SSSR count). The molecular formula is C35H102NO18PS7. The van der Waals surface area contributed by atoms with E-state index < -0.39 is 59.8 Å². The maximum absolute atomic E-state index is 10.4. The van der Waals surface area contributed by atoms with Gasteiger partial charge in [-0.15, -0.1) is 0 Å². The molecule has 62 heavy (non-hydrogen) atoms. The Bertz CT molecular complexity index is 1350. The lowest BCUT2D eigenvalue weighted by Crippen LogP contribution is -2.20. The number of hydrogen-bond donors (Lipinski definition) is 1. The van der Waals surface area contributed by atoms with Gasteiger partial charge in [0.15, 0.2) is 0 Å². The van der Waals surface area contributed by atoms with Gasteiger partial charge in [-0.05, 0) is 38.7 Å². The highest BCUT2D eigenvalue weighted by Gasteiger charge is 2.03. The molecule has 0 aromatic rings. The summed E-state index contributed by atoms with van der Waals surface area (Å²) in [6, 6.07) is 0. The zero-order valence-corrected chi connectivity index (χ0v) is 42.9. The van der Waals surface area contributed by atoms with Crippen molar-refractivity contribution in [2.75, 3.05) is 108 Å². The summed E-state index contributed by atoms with van der Waals surface area (Å²) >= 11 is 1.46. The average Bonchev–Trinajstić information content (AvgIpc) is 3.09. The van der Waals surface area contributed by atoms with Crippen molar-refractivity contribution in [2.45, 2.75) is 121 Å². The summed E-state index contributed by atoms with van der Waals surface area (Å²) in [5, 5.41) is 8.13. The minimum absolute atomic E-state index is 0. The average molecular weight is 1080 g/mol. The van der Waals surface area contributed by atoms with E-state index in [0.717, 1.165) is 39.5 Å². The third kappa shape index (κ3) is 171. The number of carbonyl (C=O) groups is 1. The van der Waals surface area contributed by atoms with Gasteiger partial charge in [-0.1, -0.05) is 105 Å². The van der Waals surface area contributed by atoms with Gasteiger partial charge in [0, 0.05) is 70.0 Å². The first-order valence-electron chi connectivity index (χ1n) is 16.0. The molecule has 0 aromatic carbocycles. The molecule has 0 saturated heterocycles. The lowest BCUT2D eigenvalue weighted by Gasteiger charge is -2.01. The van der Waals surface area contributed by atoms with Gasteiger partial charge < -0.3 is 13.5 Å². The zero-order valence-electron chi connectivity index (χ0n) is 36.3. The van der Waals surface area contributed by atoms with Gasteiger partial charge in [0.05, 0.1) is 39.6 Å². The number of nitrogens with zero attached hydrogens (tertiary/aromatic N) is 1. The molecule has 0 spiro atoms. The van der Waals surface area contributed by atoms with Crippen molar-refractivity contribution < 1.29 is 77.6 Å². The van der Waals surface area contributed by atoms with E-state index in [1.165, 1.54) is 37.6 Å². The first-order valence-corrected chi connectivity index (χ1v) is 30.0. The molecule has 27 heteroatoms. The third-order valence-electron chi connectivity index (χ3n) is 4.81. The molecule has 0 aromatic heterocycles. The number of sulfonamides is 1. The van der Waals surface area contributed by atoms with Gasteiger partial charge in [-0.2, -0.15) is 16.8 Å². The molecule has 1 unspecified atom stereocenters. The Hall–Kier alpha value is -0.0900. The summed E-state index contributed by atoms with van der Waals surface area (Å²) in [4.78, 5) is 9.81. The van der Waals surface area contributed by atoms with Crippen molar-refractivity contribution in [3.05, 3.63) is 0 Å². The van der Waals surface area contributed by atoms with Crippen LogP contribution < -0.4 is 0 Å². The van der Waals surface area contributed by atoms with Crippen LogP contribution in [-0.4, -0.2) is 174 Å². The van der Waals surface area contributed by atoms with E-state index in [-0.39, 0.29) is 99.2 Å². The van der Waals surface area contributed by atoms with E-state index in [0.29, 0.717) is 6.42 Å². The van der Waals surface area contributed by atoms with Gasteiger partial charge >= 0.3 is 0 Å². The summed E-state index contributed by atoms with van der Waals surface area (Å²) < 4.78 is 138. The number of hydrogen-bond acceptors (Lipinski definition) is 19. The summed E-state index contributed by atoms with van der Waals surface area (Å²) in [6.07, 6.45) is 6.17. The van der Waals surface area contributed by atoms with Gasteiger partial charge in [-0.25, -0.2) is 33.7 Å². The van der Waals surface area contributed by atoms with E-state index in [9.17, 15) is 55.3 Å². The van der Waals surface area contributed by atoms with Crippen LogP contribution in [0.25, 0.3) is 0 Å². The molecule has 0 aliphatic carbocycles. The third-order valence-corrected chi connectivity index (χ3v) is 13.4. The van der Waals surface area contributed by atoms with Crippen LogP contribution in [0.5, 0.6) is 0 Å². The van der Waals surface area contributed by atoms with Crippen molar-refractivity contribution in [3.8, 4) is 0 Å². The SMILES string of the molecule is C.C.C.C.C.C.C.CCC(C)=O.CCP(C)OC.CCS(=O)(=O)CC.CCS(=O)(=O)OC.CCS(C)(=O)=O.CCS(C)(=O)=O.CCSOC.CN(O)S(C)(=O)=O.COS(C)(=O)=O. The van der Waals surface area contributed by atoms with E-state index in [1.807, 2.05) is 13.8 Å². The fourth-order valence-corrected chi connectivity index (χ4v) is 1.71. The predicted octanol–water partition coefficient (Wildman–Crippen LogP) is 7.80. The Labute approximate surface area is 394 Å². The zero-order chi connectivity index (χ0) is 46.9. The standard InChI is InChI=1S/C4H10O2S.C4H11OP.C4H8O.C3H8O3S.2C3H8O2S.C3H8OS.C2H7NO3S.C2H6O3S.7CH4/c1-3-7(5,6)4-2;1-4-6(3)5-2;1-3-4(2)5;1-3-7(4,5)6-2;2*1-3-6(2,4)5;1-3-5-4-2;1-3(4)7(2,5)6;1-5-6(2,3)4;;;;;;;/h3-4H2,1-2H3;4H2,1-3H3;3H2,1-2H3;3H2,1-2H3;2*3H2,1-2H3;3H2,1-2H3;4H,1-2H3;1-2H3;7*1H4. The summed E-state index contributed by atoms with van der Waals surface area (Å²) in [6.45, 7) is 17.8. The highest BCUT2D eigenvalue weighted by atomic mass is 32.2. The van der Waals surface area contributed by atoms with Crippen molar-refractivity contribution in [1.82, 2.24) is 4.47 Å². The molecule has 19 nitrogen and oxygen atoms in total. The monoisotopic (exact) mass is 1080 g/mol. The first-order chi connectivity index (χ1) is 24.4. The Balaban J connectivity index is -0.0000000271. The number of sulfone groups is 3. The van der Waals surface area contributed by atoms with Crippen LogP contribution in [0.15, 0.2) is 0 Å². The Kier molecular flexibility index (Phi) is 115.